The molecule has 1 aromatic rings. The molecule has 2 rings (SSSR count). The molecule has 1 fully saturated rings. The van der Waals surface area contributed by atoms with E-state index in [0.29, 0.717) is 5.92 Å². The molecule has 102 valence electrons. The lowest BCUT2D eigenvalue weighted by Gasteiger charge is -2.32. The molecule has 19 heavy (non-hydrogen) atoms. The zero-order valence-corrected chi connectivity index (χ0v) is 11.3. The van der Waals surface area contributed by atoms with Gasteiger partial charge in [-0.1, -0.05) is 6.92 Å². The van der Waals surface area contributed by atoms with E-state index in [4.69, 9.17) is 0 Å². The fraction of sp³-hybridized carbons (Fsp3) is 0.500. The predicted molar refractivity (Wildman–Crippen MR) is 73.7 cm³/mol. The molecule has 0 aromatic heterocycles. The van der Waals surface area contributed by atoms with Gasteiger partial charge in [0, 0.05) is 24.8 Å². The van der Waals surface area contributed by atoms with Gasteiger partial charge in [0.1, 0.15) is 0 Å². The zero-order valence-electron chi connectivity index (χ0n) is 11.3. The molecule has 0 bridgehead atoms. The highest BCUT2D eigenvalue weighted by Gasteiger charge is 2.21. The number of ketones is 1. The molecule has 1 atom stereocenters. The van der Waals surface area contributed by atoms with E-state index < -0.39 is 4.92 Å². The van der Waals surface area contributed by atoms with E-state index in [0.717, 1.165) is 25.2 Å². The molecule has 0 N–H and O–H groups in total. The van der Waals surface area contributed by atoms with E-state index >= 15 is 0 Å². The number of rotatable bonds is 3. The topological polar surface area (TPSA) is 63.5 Å². The Morgan fingerprint density at radius 3 is 2.79 bits per heavy atom. The quantitative estimate of drug-likeness (QED) is 0.477. The maximum atomic E-state index is 11.5. The van der Waals surface area contributed by atoms with Gasteiger partial charge in [-0.25, -0.2) is 0 Å². The van der Waals surface area contributed by atoms with Gasteiger partial charge in [-0.2, -0.15) is 0 Å². The number of benzene rings is 1. The second-order valence-electron chi connectivity index (χ2n) is 5.21. The van der Waals surface area contributed by atoms with E-state index in [-0.39, 0.29) is 17.0 Å². The molecular weight excluding hydrogens is 244 g/mol. The van der Waals surface area contributed by atoms with Crippen molar-refractivity contribution >= 4 is 17.2 Å². The van der Waals surface area contributed by atoms with Gasteiger partial charge in [0.25, 0.3) is 5.69 Å². The maximum Gasteiger partial charge on any atom is 0.280 e. The fourth-order valence-corrected chi connectivity index (χ4v) is 2.59. The van der Waals surface area contributed by atoms with Gasteiger partial charge in [-0.15, -0.1) is 0 Å². The normalized spacial score (nSPS) is 19.3. The van der Waals surface area contributed by atoms with E-state index in [1.165, 1.54) is 19.4 Å². The highest BCUT2D eigenvalue weighted by molar-refractivity contribution is 5.99. The van der Waals surface area contributed by atoms with Gasteiger partial charge < -0.3 is 4.90 Å². The Kier molecular flexibility index (Phi) is 3.83. The summed E-state index contributed by atoms with van der Waals surface area (Å²) in [5, 5.41) is 10.9. The summed E-state index contributed by atoms with van der Waals surface area (Å²) in [4.78, 5) is 24.2. The first kappa shape index (κ1) is 13.5. The van der Waals surface area contributed by atoms with Gasteiger partial charge in [0.2, 0.25) is 0 Å². The standard InChI is InChI=1S/C14H18N2O3/c1-10-4-3-7-15(9-10)12-5-6-14(16(18)19)13(8-12)11(2)17/h5-6,8,10H,3-4,7,9H2,1-2H3. The summed E-state index contributed by atoms with van der Waals surface area (Å²) < 4.78 is 0. The van der Waals surface area contributed by atoms with Crippen LogP contribution < -0.4 is 4.90 Å². The van der Waals surface area contributed by atoms with Crippen LogP contribution in [0, 0.1) is 16.0 Å². The van der Waals surface area contributed by atoms with Crippen molar-refractivity contribution in [3.8, 4) is 0 Å². The molecule has 1 saturated heterocycles. The monoisotopic (exact) mass is 262 g/mol. The molecule has 5 heteroatoms. The van der Waals surface area contributed by atoms with Gasteiger partial charge in [-0.05, 0) is 37.8 Å². The third-order valence-electron chi connectivity index (χ3n) is 3.58. The smallest absolute Gasteiger partial charge is 0.280 e. The van der Waals surface area contributed by atoms with Crippen LogP contribution >= 0.6 is 0 Å². The number of nitro benzene ring substituents is 1. The SMILES string of the molecule is CC(=O)c1cc(N2CCCC(C)C2)ccc1[N+](=O)[O-]. The summed E-state index contributed by atoms with van der Waals surface area (Å²) in [5.74, 6) is 0.350. The lowest BCUT2D eigenvalue weighted by molar-refractivity contribution is -0.385. The number of hydrogen-bond donors (Lipinski definition) is 0. The van der Waals surface area contributed by atoms with Crippen molar-refractivity contribution in [2.45, 2.75) is 26.7 Å². The van der Waals surface area contributed by atoms with Crippen molar-refractivity contribution < 1.29 is 9.72 Å². The van der Waals surface area contributed by atoms with Crippen molar-refractivity contribution in [3.05, 3.63) is 33.9 Å². The largest absolute Gasteiger partial charge is 0.371 e. The van der Waals surface area contributed by atoms with E-state index in [1.807, 2.05) is 0 Å². The average Bonchev–Trinajstić information content (AvgIpc) is 2.37. The summed E-state index contributed by atoms with van der Waals surface area (Å²) in [6, 6.07) is 4.83. The highest BCUT2D eigenvalue weighted by Crippen LogP contribution is 2.28. The van der Waals surface area contributed by atoms with Crippen molar-refractivity contribution in [1.29, 1.82) is 0 Å². The Balaban J connectivity index is 2.35. The number of anilines is 1. The van der Waals surface area contributed by atoms with Gasteiger partial charge in [0.15, 0.2) is 5.78 Å². The third kappa shape index (κ3) is 2.92. The van der Waals surface area contributed by atoms with Crippen molar-refractivity contribution in [2.75, 3.05) is 18.0 Å². The first-order valence-corrected chi connectivity index (χ1v) is 6.53. The summed E-state index contributed by atoms with van der Waals surface area (Å²) in [6.07, 6.45) is 2.33. The Hall–Kier alpha value is -1.91. The number of carbonyl (C=O) groups excluding carboxylic acids is 1. The van der Waals surface area contributed by atoms with Gasteiger partial charge >= 0.3 is 0 Å². The van der Waals surface area contributed by atoms with Crippen molar-refractivity contribution in [3.63, 3.8) is 0 Å². The molecule has 0 aliphatic carbocycles. The van der Waals surface area contributed by atoms with Gasteiger partial charge in [0.05, 0.1) is 10.5 Å². The average molecular weight is 262 g/mol. The molecule has 1 unspecified atom stereocenters. The summed E-state index contributed by atoms with van der Waals surface area (Å²) in [5.41, 5.74) is 0.990. The molecule has 0 saturated carbocycles. The molecule has 0 spiro atoms. The molecule has 0 amide bonds. The molecule has 1 aliphatic rings. The summed E-state index contributed by atoms with van der Waals surface area (Å²) >= 11 is 0. The number of nitro groups is 1. The number of carbonyl (C=O) groups is 1. The zero-order chi connectivity index (χ0) is 14.0. The van der Waals surface area contributed by atoms with Gasteiger partial charge in [-0.3, -0.25) is 14.9 Å². The first-order chi connectivity index (χ1) is 8.99. The van der Waals surface area contributed by atoms with Crippen LogP contribution in [0.15, 0.2) is 18.2 Å². The van der Waals surface area contributed by atoms with E-state index in [9.17, 15) is 14.9 Å². The molecular formula is C14H18N2O3. The van der Waals surface area contributed by atoms with Crippen molar-refractivity contribution in [1.82, 2.24) is 0 Å². The predicted octanol–water partition coefficient (Wildman–Crippen LogP) is 3.03. The van der Waals surface area contributed by atoms with Crippen LogP contribution in [0.5, 0.6) is 0 Å². The van der Waals surface area contributed by atoms with Crippen LogP contribution in [0.4, 0.5) is 11.4 Å². The van der Waals surface area contributed by atoms with Crippen LogP contribution in [-0.4, -0.2) is 23.8 Å². The summed E-state index contributed by atoms with van der Waals surface area (Å²) in [7, 11) is 0. The Bertz CT molecular complexity index is 513. The Morgan fingerprint density at radius 1 is 1.47 bits per heavy atom. The first-order valence-electron chi connectivity index (χ1n) is 6.53. The van der Waals surface area contributed by atoms with Crippen molar-refractivity contribution in [2.24, 2.45) is 5.92 Å². The van der Waals surface area contributed by atoms with Crippen LogP contribution in [-0.2, 0) is 0 Å². The minimum atomic E-state index is -0.501. The van der Waals surface area contributed by atoms with Crippen LogP contribution in [0.2, 0.25) is 0 Å². The molecule has 1 aromatic carbocycles. The Morgan fingerprint density at radius 2 is 2.21 bits per heavy atom. The number of piperidine rings is 1. The highest BCUT2D eigenvalue weighted by atomic mass is 16.6. The van der Waals surface area contributed by atoms with E-state index in [1.54, 1.807) is 12.1 Å². The minimum absolute atomic E-state index is 0.110. The van der Waals surface area contributed by atoms with Crippen LogP contribution in [0.1, 0.15) is 37.0 Å². The third-order valence-corrected chi connectivity index (χ3v) is 3.58. The maximum absolute atomic E-state index is 11.5. The molecule has 1 aliphatic heterocycles. The van der Waals surface area contributed by atoms with Crippen LogP contribution in [0.3, 0.4) is 0 Å². The number of hydrogen-bond acceptors (Lipinski definition) is 4. The lowest BCUT2D eigenvalue weighted by atomic mass is 9.99. The molecule has 0 radical (unpaired) electrons. The number of nitrogens with zero attached hydrogens (tertiary/aromatic N) is 2. The second kappa shape index (κ2) is 5.38. The molecule has 1 heterocycles. The van der Waals surface area contributed by atoms with Crippen LogP contribution in [0.25, 0.3) is 0 Å². The molecule has 5 nitrogen and oxygen atoms in total. The Labute approximate surface area is 112 Å². The fourth-order valence-electron chi connectivity index (χ4n) is 2.59. The second-order valence-corrected chi connectivity index (χ2v) is 5.21. The lowest BCUT2D eigenvalue weighted by Crippen LogP contribution is -2.34. The summed E-state index contributed by atoms with van der Waals surface area (Å²) in [6.45, 7) is 5.45. The van der Waals surface area contributed by atoms with E-state index in [2.05, 4.69) is 11.8 Å². The number of Topliss-reactive ketones (excluding diaryl/α,β-unsaturated/α-hetero) is 1. The minimum Gasteiger partial charge on any atom is -0.371 e.